The van der Waals surface area contributed by atoms with Crippen LogP contribution in [0, 0.1) is 12.0 Å². The van der Waals surface area contributed by atoms with E-state index in [0.717, 1.165) is 0 Å². The maximum absolute atomic E-state index is 6.03. The van der Waals surface area contributed by atoms with E-state index in [0.29, 0.717) is 17.1 Å². The van der Waals surface area contributed by atoms with E-state index in [1.54, 1.807) is 0 Å². The Morgan fingerprint density at radius 2 is 1.13 bits per heavy atom. The molecular weight excluding hydrogens is 288 g/mol. The molecular formula is C20H30O3. The monoisotopic (exact) mass is 318 g/mol. The van der Waals surface area contributed by atoms with Crippen molar-refractivity contribution >= 4 is 0 Å². The van der Waals surface area contributed by atoms with Crippen LogP contribution in [0.25, 0.3) is 0 Å². The molecule has 3 heteroatoms. The minimum atomic E-state index is -0.322. The Hall–Kier alpha value is -1.82. The number of hydrogen-bond donors (Lipinski definition) is 0. The Morgan fingerprint density at radius 1 is 0.696 bits per heavy atom. The van der Waals surface area contributed by atoms with Gasteiger partial charge >= 0.3 is 0 Å². The van der Waals surface area contributed by atoms with E-state index < -0.39 is 0 Å². The lowest BCUT2D eigenvalue weighted by Gasteiger charge is -2.26. The summed E-state index contributed by atoms with van der Waals surface area (Å²) in [6, 6.07) is 5.72. The quantitative estimate of drug-likeness (QED) is 0.704. The molecule has 0 saturated carbocycles. The van der Waals surface area contributed by atoms with Crippen molar-refractivity contribution in [2.75, 3.05) is 0 Å². The molecule has 128 valence electrons. The molecule has 1 aromatic rings. The number of ether oxygens (including phenoxy) is 3. The highest BCUT2D eigenvalue weighted by molar-refractivity contribution is 5.55. The summed E-state index contributed by atoms with van der Waals surface area (Å²) in [7, 11) is 0. The molecule has 0 aromatic heterocycles. The molecule has 0 amide bonds. The number of rotatable bonds is 2. The molecule has 0 aliphatic heterocycles. The largest absolute Gasteiger partial charge is 0.487 e. The van der Waals surface area contributed by atoms with Crippen LogP contribution in [0.15, 0.2) is 18.2 Å². The third-order valence-electron chi connectivity index (χ3n) is 2.35. The third-order valence-corrected chi connectivity index (χ3v) is 2.35. The predicted octanol–water partition coefficient (Wildman–Crippen LogP) is 5.17. The Balaban J connectivity index is 3.28. The summed E-state index contributed by atoms with van der Waals surface area (Å²) < 4.78 is 17.6. The normalized spacial score (nSPS) is 12.2. The van der Waals surface area contributed by atoms with Gasteiger partial charge in [-0.05, 0) is 80.4 Å². The van der Waals surface area contributed by atoms with Crippen molar-refractivity contribution in [1.29, 1.82) is 0 Å². The molecule has 0 heterocycles. The molecule has 0 spiro atoms. The molecule has 3 nitrogen and oxygen atoms in total. The fraction of sp³-hybridized carbons (Fsp3) is 0.600. The molecule has 1 rings (SSSR count). The Morgan fingerprint density at radius 3 is 1.48 bits per heavy atom. The van der Waals surface area contributed by atoms with Crippen molar-refractivity contribution in [3.05, 3.63) is 23.8 Å². The van der Waals surface area contributed by atoms with E-state index in [1.807, 2.05) is 80.5 Å². The molecule has 0 bridgehead atoms. The molecule has 0 aliphatic carbocycles. The maximum Gasteiger partial charge on any atom is 0.139 e. The highest BCUT2D eigenvalue weighted by Gasteiger charge is 2.20. The maximum atomic E-state index is 6.03. The average molecular weight is 318 g/mol. The van der Waals surface area contributed by atoms with Gasteiger partial charge in [0.15, 0.2) is 0 Å². The Kier molecular flexibility index (Phi) is 5.64. The highest BCUT2D eigenvalue weighted by atomic mass is 16.5. The van der Waals surface area contributed by atoms with Crippen molar-refractivity contribution < 1.29 is 14.2 Å². The lowest BCUT2D eigenvalue weighted by atomic mass is 10.1. The zero-order chi connectivity index (χ0) is 17.9. The lowest BCUT2D eigenvalue weighted by molar-refractivity contribution is 0.0959. The van der Waals surface area contributed by atoms with Crippen LogP contribution >= 0.6 is 0 Å². The first kappa shape index (κ1) is 19.2. The summed E-state index contributed by atoms with van der Waals surface area (Å²) in [6.45, 7) is 17.9. The van der Waals surface area contributed by atoms with Crippen LogP contribution in [0.3, 0.4) is 0 Å². The Labute approximate surface area is 141 Å². The summed E-state index contributed by atoms with van der Waals surface area (Å²) in [6.07, 6.45) is 2.78. The van der Waals surface area contributed by atoms with Gasteiger partial charge in [-0.3, -0.25) is 0 Å². The smallest absolute Gasteiger partial charge is 0.139 e. The van der Waals surface area contributed by atoms with Crippen LogP contribution in [0.2, 0.25) is 0 Å². The van der Waals surface area contributed by atoms with Gasteiger partial charge in [0.05, 0.1) is 0 Å². The molecule has 23 heavy (non-hydrogen) atoms. The standard InChI is InChI=1S/C20H30O3/c1-18(2,3)21-14-13-15-16(22-19(4,5)6)11-10-12-17(15)23-20(7,8)9/h10-12H,1-9H3. The van der Waals surface area contributed by atoms with E-state index >= 15 is 0 Å². The molecule has 0 saturated heterocycles. The van der Waals surface area contributed by atoms with Crippen molar-refractivity contribution in [3.8, 4) is 23.5 Å². The first-order valence-corrected chi connectivity index (χ1v) is 7.97. The van der Waals surface area contributed by atoms with Crippen LogP contribution in [0.4, 0.5) is 0 Å². The highest BCUT2D eigenvalue weighted by Crippen LogP contribution is 2.32. The number of hydrogen-bond acceptors (Lipinski definition) is 3. The molecule has 0 radical (unpaired) electrons. The van der Waals surface area contributed by atoms with Gasteiger partial charge in [-0.2, -0.15) is 0 Å². The van der Waals surface area contributed by atoms with Gasteiger partial charge in [-0.1, -0.05) is 6.07 Å². The van der Waals surface area contributed by atoms with Crippen LogP contribution in [0.5, 0.6) is 11.5 Å². The van der Waals surface area contributed by atoms with Crippen molar-refractivity contribution in [3.63, 3.8) is 0 Å². The number of benzene rings is 1. The molecule has 0 aliphatic rings. The lowest BCUT2D eigenvalue weighted by Crippen LogP contribution is -2.25. The van der Waals surface area contributed by atoms with E-state index in [9.17, 15) is 0 Å². The van der Waals surface area contributed by atoms with E-state index in [2.05, 4.69) is 12.0 Å². The molecule has 0 unspecified atom stereocenters. The second-order valence-corrected chi connectivity index (χ2v) is 8.50. The van der Waals surface area contributed by atoms with Gasteiger partial charge in [0.2, 0.25) is 0 Å². The summed E-state index contributed by atoms with van der Waals surface area (Å²) in [4.78, 5) is 0. The van der Waals surface area contributed by atoms with Crippen LogP contribution in [-0.4, -0.2) is 16.8 Å². The van der Waals surface area contributed by atoms with Gasteiger partial charge in [0.1, 0.15) is 40.0 Å². The van der Waals surface area contributed by atoms with E-state index in [1.165, 1.54) is 0 Å². The van der Waals surface area contributed by atoms with Crippen LogP contribution < -0.4 is 9.47 Å². The molecule has 1 aromatic carbocycles. The fourth-order valence-corrected chi connectivity index (χ4v) is 1.69. The molecule has 0 N–H and O–H groups in total. The summed E-state index contributed by atoms with van der Waals surface area (Å²) in [5.74, 6) is 4.46. The van der Waals surface area contributed by atoms with Gasteiger partial charge in [0.25, 0.3) is 0 Å². The predicted molar refractivity (Wildman–Crippen MR) is 94.9 cm³/mol. The minimum absolute atomic E-state index is 0.318. The summed E-state index contributed by atoms with van der Waals surface area (Å²) in [5, 5.41) is 0. The zero-order valence-electron chi connectivity index (χ0n) is 16.0. The van der Waals surface area contributed by atoms with Gasteiger partial charge in [0, 0.05) is 0 Å². The Bertz CT molecular complexity index is 550. The van der Waals surface area contributed by atoms with E-state index in [-0.39, 0.29) is 16.8 Å². The van der Waals surface area contributed by atoms with Crippen molar-refractivity contribution in [2.45, 2.75) is 79.1 Å². The van der Waals surface area contributed by atoms with Gasteiger partial charge < -0.3 is 14.2 Å². The van der Waals surface area contributed by atoms with Gasteiger partial charge in [-0.15, -0.1) is 0 Å². The second kappa shape index (κ2) is 6.74. The second-order valence-electron chi connectivity index (χ2n) is 8.50. The topological polar surface area (TPSA) is 27.7 Å². The van der Waals surface area contributed by atoms with Crippen LogP contribution in [-0.2, 0) is 4.74 Å². The molecule has 0 fully saturated rings. The SMILES string of the molecule is CC(C)(C)OC#Cc1c(OC(C)(C)C)cccc1OC(C)(C)C. The van der Waals surface area contributed by atoms with Crippen LogP contribution in [0.1, 0.15) is 67.9 Å². The van der Waals surface area contributed by atoms with Crippen molar-refractivity contribution in [1.82, 2.24) is 0 Å². The molecule has 0 atom stereocenters. The fourth-order valence-electron chi connectivity index (χ4n) is 1.69. The zero-order valence-corrected chi connectivity index (χ0v) is 16.0. The summed E-state index contributed by atoms with van der Waals surface area (Å²) in [5.41, 5.74) is -0.247. The van der Waals surface area contributed by atoms with E-state index in [4.69, 9.17) is 14.2 Å². The average Bonchev–Trinajstić information content (AvgIpc) is 2.27. The van der Waals surface area contributed by atoms with Crippen molar-refractivity contribution in [2.24, 2.45) is 0 Å². The summed E-state index contributed by atoms with van der Waals surface area (Å²) >= 11 is 0. The third kappa shape index (κ3) is 7.83. The minimum Gasteiger partial charge on any atom is -0.487 e. The van der Waals surface area contributed by atoms with Gasteiger partial charge in [-0.25, -0.2) is 0 Å². The first-order valence-electron chi connectivity index (χ1n) is 7.97. The first-order chi connectivity index (χ1) is 10.3.